The zero-order chi connectivity index (χ0) is 14.4. The van der Waals surface area contributed by atoms with E-state index >= 15 is 0 Å². The van der Waals surface area contributed by atoms with Gasteiger partial charge in [-0.05, 0) is 17.7 Å². The number of hydrogen-bond donors (Lipinski definition) is 2. The molecule has 0 fully saturated rings. The first-order chi connectivity index (χ1) is 9.70. The van der Waals surface area contributed by atoms with Crippen molar-refractivity contribution in [3.8, 4) is 0 Å². The van der Waals surface area contributed by atoms with Crippen LogP contribution >= 0.6 is 12.2 Å². The van der Waals surface area contributed by atoms with E-state index in [1.54, 1.807) is 6.07 Å². The number of nitrogens with two attached hydrogens (primary N) is 1. The quantitative estimate of drug-likeness (QED) is 0.792. The third-order valence-corrected chi connectivity index (χ3v) is 3.11. The van der Waals surface area contributed by atoms with E-state index in [1.807, 2.05) is 47.4 Å². The van der Waals surface area contributed by atoms with Crippen LogP contribution < -0.4 is 10.6 Å². The summed E-state index contributed by atoms with van der Waals surface area (Å²) in [6, 6.07) is 15.6. The van der Waals surface area contributed by atoms with E-state index in [9.17, 15) is 5.11 Å². The molecule has 0 unspecified atom stereocenters. The lowest BCUT2D eigenvalue weighted by Gasteiger charge is -2.23. The van der Waals surface area contributed by atoms with E-state index in [0.29, 0.717) is 18.8 Å². The van der Waals surface area contributed by atoms with Crippen LogP contribution in [0.4, 0.5) is 5.82 Å². The second-order valence-electron chi connectivity index (χ2n) is 4.38. The molecule has 1 heterocycles. The molecule has 2 rings (SSSR count). The molecule has 20 heavy (non-hydrogen) atoms. The fourth-order valence-corrected chi connectivity index (χ4v) is 2.05. The molecule has 0 aliphatic heterocycles. The normalized spacial score (nSPS) is 10.2. The summed E-state index contributed by atoms with van der Waals surface area (Å²) in [5, 5.41) is 9.23. The van der Waals surface area contributed by atoms with Crippen LogP contribution in [0.5, 0.6) is 0 Å². The Morgan fingerprint density at radius 1 is 1.15 bits per heavy atom. The van der Waals surface area contributed by atoms with Gasteiger partial charge in [-0.1, -0.05) is 48.6 Å². The summed E-state index contributed by atoms with van der Waals surface area (Å²) in [6.45, 7) is 1.24. The molecule has 3 N–H and O–H groups in total. The minimum absolute atomic E-state index is 0.0613. The zero-order valence-electron chi connectivity index (χ0n) is 11.1. The fraction of sp³-hybridized carbons (Fsp3) is 0.200. The number of benzene rings is 1. The third kappa shape index (κ3) is 3.76. The first-order valence-corrected chi connectivity index (χ1v) is 6.78. The van der Waals surface area contributed by atoms with Gasteiger partial charge in [-0.25, -0.2) is 4.98 Å². The Balaban J connectivity index is 2.24. The van der Waals surface area contributed by atoms with Gasteiger partial charge in [0.15, 0.2) is 0 Å². The predicted molar refractivity (Wildman–Crippen MR) is 84.7 cm³/mol. The highest BCUT2D eigenvalue weighted by Crippen LogP contribution is 2.15. The van der Waals surface area contributed by atoms with Gasteiger partial charge in [-0.2, -0.15) is 0 Å². The number of aliphatic hydroxyl groups is 1. The Hall–Kier alpha value is -1.98. The molecule has 0 bridgehead atoms. The molecule has 1 aromatic heterocycles. The van der Waals surface area contributed by atoms with Crippen LogP contribution in [-0.2, 0) is 6.54 Å². The number of anilines is 1. The summed E-state index contributed by atoms with van der Waals surface area (Å²) in [7, 11) is 0. The Morgan fingerprint density at radius 3 is 2.55 bits per heavy atom. The summed E-state index contributed by atoms with van der Waals surface area (Å²) in [4.78, 5) is 6.71. The van der Waals surface area contributed by atoms with Crippen LogP contribution in [0.3, 0.4) is 0 Å². The molecule has 0 aliphatic rings. The molecule has 0 spiro atoms. The molecular weight excluding hydrogens is 270 g/mol. The van der Waals surface area contributed by atoms with Crippen LogP contribution in [0.1, 0.15) is 11.3 Å². The summed E-state index contributed by atoms with van der Waals surface area (Å²) in [6.07, 6.45) is 0. The number of thiocarbonyl (C=S) groups is 1. The molecular formula is C15H17N3OS. The number of rotatable bonds is 6. The lowest BCUT2D eigenvalue weighted by Crippen LogP contribution is -2.27. The van der Waals surface area contributed by atoms with Crippen molar-refractivity contribution in [3.05, 3.63) is 59.8 Å². The molecule has 5 heteroatoms. The van der Waals surface area contributed by atoms with Gasteiger partial charge in [0.2, 0.25) is 0 Å². The van der Waals surface area contributed by atoms with E-state index in [-0.39, 0.29) is 11.6 Å². The van der Waals surface area contributed by atoms with Gasteiger partial charge in [0.1, 0.15) is 10.8 Å². The summed E-state index contributed by atoms with van der Waals surface area (Å²) >= 11 is 4.95. The first-order valence-electron chi connectivity index (χ1n) is 6.37. The van der Waals surface area contributed by atoms with E-state index in [2.05, 4.69) is 4.98 Å². The van der Waals surface area contributed by atoms with Crippen molar-refractivity contribution in [2.75, 3.05) is 18.1 Å². The first kappa shape index (κ1) is 14.4. The number of pyridine rings is 1. The number of hydrogen-bond acceptors (Lipinski definition) is 4. The molecule has 0 atom stereocenters. The van der Waals surface area contributed by atoms with E-state index < -0.39 is 0 Å². The largest absolute Gasteiger partial charge is 0.395 e. The highest BCUT2D eigenvalue weighted by atomic mass is 32.1. The topological polar surface area (TPSA) is 62.4 Å². The zero-order valence-corrected chi connectivity index (χ0v) is 11.9. The standard InChI is InChI=1S/C15H17N3OS/c16-15(20)13-7-4-8-14(17-13)18(9-10-19)11-12-5-2-1-3-6-12/h1-8,19H,9-11H2,(H2,16,20). The SMILES string of the molecule is NC(=S)c1cccc(N(CCO)Cc2ccccc2)n1. The molecule has 2 aromatic rings. The number of aromatic nitrogens is 1. The third-order valence-electron chi connectivity index (χ3n) is 2.90. The van der Waals surface area contributed by atoms with Crippen molar-refractivity contribution in [2.45, 2.75) is 6.54 Å². The maximum absolute atomic E-state index is 9.23. The van der Waals surface area contributed by atoms with Crippen molar-refractivity contribution >= 4 is 23.0 Å². The van der Waals surface area contributed by atoms with Gasteiger partial charge in [0.25, 0.3) is 0 Å². The monoisotopic (exact) mass is 287 g/mol. The second kappa shape index (κ2) is 6.98. The van der Waals surface area contributed by atoms with Gasteiger partial charge < -0.3 is 15.7 Å². The minimum Gasteiger partial charge on any atom is -0.395 e. The van der Waals surface area contributed by atoms with Crippen LogP contribution in [-0.4, -0.2) is 28.2 Å². The molecule has 4 nitrogen and oxygen atoms in total. The highest BCUT2D eigenvalue weighted by molar-refractivity contribution is 7.80. The van der Waals surface area contributed by atoms with E-state index in [1.165, 1.54) is 0 Å². The average Bonchev–Trinajstić information content (AvgIpc) is 2.48. The van der Waals surface area contributed by atoms with Crippen molar-refractivity contribution in [2.24, 2.45) is 5.73 Å². The number of nitrogens with zero attached hydrogens (tertiary/aromatic N) is 2. The molecule has 0 aliphatic carbocycles. The van der Waals surface area contributed by atoms with E-state index in [0.717, 1.165) is 11.4 Å². The lowest BCUT2D eigenvalue weighted by molar-refractivity contribution is 0.301. The van der Waals surface area contributed by atoms with Gasteiger partial charge in [0.05, 0.1) is 12.3 Å². The Labute approximate surface area is 123 Å². The van der Waals surface area contributed by atoms with Gasteiger partial charge >= 0.3 is 0 Å². The Bertz CT molecular complexity index is 574. The van der Waals surface area contributed by atoms with Crippen molar-refractivity contribution in [1.82, 2.24) is 4.98 Å². The van der Waals surface area contributed by atoms with Crippen molar-refractivity contribution in [3.63, 3.8) is 0 Å². The van der Waals surface area contributed by atoms with Gasteiger partial charge in [-0.15, -0.1) is 0 Å². The summed E-state index contributed by atoms with van der Waals surface area (Å²) in [5.41, 5.74) is 7.36. The van der Waals surface area contributed by atoms with Crippen molar-refractivity contribution in [1.29, 1.82) is 0 Å². The average molecular weight is 287 g/mol. The smallest absolute Gasteiger partial charge is 0.129 e. The molecule has 0 radical (unpaired) electrons. The van der Waals surface area contributed by atoms with Crippen LogP contribution in [0.2, 0.25) is 0 Å². The number of aliphatic hydroxyl groups excluding tert-OH is 1. The molecule has 0 saturated heterocycles. The minimum atomic E-state index is 0.0613. The maximum Gasteiger partial charge on any atom is 0.129 e. The second-order valence-corrected chi connectivity index (χ2v) is 4.82. The Morgan fingerprint density at radius 2 is 1.90 bits per heavy atom. The Kier molecular flexibility index (Phi) is 5.03. The molecule has 0 amide bonds. The lowest BCUT2D eigenvalue weighted by atomic mass is 10.2. The highest BCUT2D eigenvalue weighted by Gasteiger charge is 2.09. The van der Waals surface area contributed by atoms with E-state index in [4.69, 9.17) is 18.0 Å². The van der Waals surface area contributed by atoms with Crippen molar-refractivity contribution < 1.29 is 5.11 Å². The van der Waals surface area contributed by atoms with Gasteiger partial charge in [0, 0.05) is 13.1 Å². The maximum atomic E-state index is 9.23. The van der Waals surface area contributed by atoms with Crippen LogP contribution in [0.25, 0.3) is 0 Å². The molecule has 1 aromatic carbocycles. The van der Waals surface area contributed by atoms with Gasteiger partial charge in [-0.3, -0.25) is 0 Å². The predicted octanol–water partition coefficient (Wildman–Crippen LogP) is 1.71. The molecule has 104 valence electrons. The summed E-state index contributed by atoms with van der Waals surface area (Å²) in [5.74, 6) is 0.758. The van der Waals surface area contributed by atoms with Crippen LogP contribution in [0.15, 0.2) is 48.5 Å². The molecule has 0 saturated carbocycles. The fourth-order valence-electron chi connectivity index (χ4n) is 1.94. The van der Waals surface area contributed by atoms with Crippen LogP contribution in [0, 0.1) is 0 Å². The summed E-state index contributed by atoms with van der Waals surface area (Å²) < 4.78 is 0.